The van der Waals surface area contributed by atoms with Crippen LogP contribution in [0.2, 0.25) is 0 Å². The Balaban J connectivity index is 0.00000320. The lowest BCUT2D eigenvalue weighted by atomic mass is 10.1. The number of likely N-dealkylation sites (tertiary alicyclic amines) is 1. The number of ether oxygens (including phenoxy) is 1. The Labute approximate surface area is 196 Å². The summed E-state index contributed by atoms with van der Waals surface area (Å²) in [7, 11) is 3.49. The molecule has 1 amide bonds. The summed E-state index contributed by atoms with van der Waals surface area (Å²) in [5.41, 5.74) is 0. The molecule has 2 saturated heterocycles. The lowest BCUT2D eigenvalue weighted by Crippen LogP contribution is -2.46. The third-order valence-corrected chi connectivity index (χ3v) is 5.56. The third kappa shape index (κ3) is 7.73. The maximum Gasteiger partial charge on any atom is 0.243 e. The lowest BCUT2D eigenvalue weighted by Gasteiger charge is -2.33. The molecule has 2 N–H and O–H groups in total. The number of halogens is 1. The maximum absolute atomic E-state index is 12.0. The average molecular weight is 533 g/mol. The minimum absolute atomic E-state index is 0. The van der Waals surface area contributed by atoms with E-state index >= 15 is 0 Å². The molecule has 0 bridgehead atoms. The van der Waals surface area contributed by atoms with Crippen LogP contribution in [0.1, 0.15) is 43.9 Å². The summed E-state index contributed by atoms with van der Waals surface area (Å²) in [6, 6.07) is 4.12. The summed E-state index contributed by atoms with van der Waals surface area (Å²) < 4.78 is 11.4. The molecule has 2 aliphatic heterocycles. The summed E-state index contributed by atoms with van der Waals surface area (Å²) in [6.07, 6.45) is 7.80. The predicted octanol–water partition coefficient (Wildman–Crippen LogP) is 2.23. The van der Waals surface area contributed by atoms with Gasteiger partial charge in [0.25, 0.3) is 0 Å². The highest BCUT2D eigenvalue weighted by atomic mass is 127. The second-order valence-electron chi connectivity index (χ2n) is 7.98. The molecule has 0 spiro atoms. The summed E-state index contributed by atoms with van der Waals surface area (Å²) >= 11 is 0. The number of nitrogens with one attached hydrogen (secondary N) is 2. The van der Waals surface area contributed by atoms with Crippen LogP contribution in [0.3, 0.4) is 0 Å². The first-order valence-corrected chi connectivity index (χ1v) is 10.7. The molecule has 2 atom stereocenters. The topological polar surface area (TPSA) is 82.3 Å². The number of guanidine groups is 1. The fraction of sp³-hybridized carbons (Fsp3) is 0.714. The number of carbonyl (C=O) groups excluding carboxylic acids is 1. The summed E-state index contributed by atoms with van der Waals surface area (Å²) in [6.45, 7) is 4.44. The Bertz CT molecular complexity index is 641. The molecule has 2 unspecified atom stereocenters. The zero-order chi connectivity index (χ0) is 20.5. The van der Waals surface area contributed by atoms with Crippen molar-refractivity contribution in [2.45, 2.75) is 44.2 Å². The van der Waals surface area contributed by atoms with Crippen molar-refractivity contribution in [1.82, 2.24) is 20.4 Å². The quantitative estimate of drug-likeness (QED) is 0.303. The van der Waals surface area contributed by atoms with E-state index in [1.165, 1.54) is 19.3 Å². The number of likely N-dealkylation sites (N-methyl/N-ethyl adjacent to an activating group) is 1. The third-order valence-electron chi connectivity index (χ3n) is 5.56. The van der Waals surface area contributed by atoms with Gasteiger partial charge in [-0.25, -0.2) is 4.99 Å². The van der Waals surface area contributed by atoms with E-state index in [1.807, 2.05) is 12.1 Å². The minimum atomic E-state index is -0.0261. The van der Waals surface area contributed by atoms with Crippen LogP contribution in [0, 0.1) is 0 Å². The molecule has 2 fully saturated rings. The molecular formula is C21H36IN5O3. The average Bonchev–Trinajstić information content (AvgIpc) is 3.44. The number of hydrogen-bond donors (Lipinski definition) is 2. The molecule has 0 radical (unpaired) electrons. The number of furan rings is 1. The van der Waals surface area contributed by atoms with Crippen molar-refractivity contribution in [3.8, 4) is 0 Å². The summed E-state index contributed by atoms with van der Waals surface area (Å²) in [4.78, 5) is 20.5. The van der Waals surface area contributed by atoms with E-state index in [2.05, 4.69) is 20.5 Å². The second kappa shape index (κ2) is 13.2. The zero-order valence-electron chi connectivity index (χ0n) is 18.1. The maximum atomic E-state index is 12.0. The van der Waals surface area contributed by atoms with E-state index in [-0.39, 0.29) is 48.6 Å². The van der Waals surface area contributed by atoms with E-state index in [0.29, 0.717) is 19.0 Å². The Morgan fingerprint density at radius 2 is 2.07 bits per heavy atom. The van der Waals surface area contributed by atoms with Crippen LogP contribution in [-0.2, 0) is 9.53 Å². The van der Waals surface area contributed by atoms with Gasteiger partial charge in [0, 0.05) is 33.8 Å². The molecule has 8 nitrogen and oxygen atoms in total. The molecule has 30 heavy (non-hydrogen) atoms. The fourth-order valence-corrected chi connectivity index (χ4v) is 3.79. The first-order chi connectivity index (χ1) is 14.1. The van der Waals surface area contributed by atoms with Crippen LogP contribution in [0.5, 0.6) is 0 Å². The van der Waals surface area contributed by atoms with Crippen LogP contribution in [0.25, 0.3) is 0 Å². The number of nitrogens with zero attached hydrogens (tertiary/aromatic N) is 3. The van der Waals surface area contributed by atoms with Gasteiger partial charge in [0.15, 0.2) is 5.96 Å². The fourth-order valence-electron chi connectivity index (χ4n) is 3.79. The first kappa shape index (κ1) is 24.9. The molecule has 1 aromatic rings. The first-order valence-electron chi connectivity index (χ1n) is 10.7. The number of hydrogen-bond acceptors (Lipinski definition) is 5. The van der Waals surface area contributed by atoms with E-state index in [9.17, 15) is 4.79 Å². The van der Waals surface area contributed by atoms with Gasteiger partial charge in [-0.3, -0.25) is 9.69 Å². The van der Waals surface area contributed by atoms with Crippen molar-refractivity contribution in [1.29, 1.82) is 0 Å². The van der Waals surface area contributed by atoms with E-state index in [0.717, 1.165) is 38.3 Å². The van der Waals surface area contributed by atoms with E-state index < -0.39 is 0 Å². The number of rotatable bonds is 8. The van der Waals surface area contributed by atoms with Gasteiger partial charge in [0.2, 0.25) is 5.91 Å². The lowest BCUT2D eigenvalue weighted by molar-refractivity contribution is -0.127. The van der Waals surface area contributed by atoms with Crippen molar-refractivity contribution in [3.05, 3.63) is 24.2 Å². The standard InChI is InChI=1S/C21H35N5O3.HI/c1-25(2)20(27)16-24-21(22-14-17-8-6-12-28-17)23-15-18(19-9-7-13-29-19)26-10-4-3-5-11-26;/h7,9,13,17-18H,3-6,8,10-12,14-16H2,1-2H3,(H2,22,23,24);1H. The minimum Gasteiger partial charge on any atom is -0.468 e. The molecule has 3 heterocycles. The van der Waals surface area contributed by atoms with Crippen LogP contribution in [-0.4, -0.2) is 81.2 Å². The number of carbonyl (C=O) groups is 1. The van der Waals surface area contributed by atoms with Crippen molar-refractivity contribution in [2.24, 2.45) is 4.99 Å². The molecule has 1 aromatic heterocycles. The Morgan fingerprint density at radius 1 is 1.27 bits per heavy atom. The van der Waals surface area contributed by atoms with Crippen LogP contribution < -0.4 is 10.6 Å². The van der Waals surface area contributed by atoms with Crippen molar-refractivity contribution >= 4 is 35.8 Å². The molecule has 3 rings (SSSR count). The van der Waals surface area contributed by atoms with Crippen LogP contribution >= 0.6 is 24.0 Å². The Morgan fingerprint density at radius 3 is 2.70 bits per heavy atom. The van der Waals surface area contributed by atoms with Gasteiger partial charge in [-0.2, -0.15) is 0 Å². The summed E-state index contributed by atoms with van der Waals surface area (Å²) in [5, 5.41) is 6.79. The van der Waals surface area contributed by atoms with E-state index in [4.69, 9.17) is 9.15 Å². The highest BCUT2D eigenvalue weighted by Crippen LogP contribution is 2.24. The van der Waals surface area contributed by atoms with Gasteiger partial charge in [-0.15, -0.1) is 24.0 Å². The molecule has 0 aromatic carbocycles. The Hall–Kier alpha value is -1.33. The number of piperidine rings is 1. The van der Waals surface area contributed by atoms with Crippen molar-refractivity contribution in [2.75, 3.05) is 53.4 Å². The largest absolute Gasteiger partial charge is 0.468 e. The second-order valence-corrected chi connectivity index (χ2v) is 7.98. The normalized spacial score (nSPS) is 21.0. The molecular weight excluding hydrogens is 497 g/mol. The van der Waals surface area contributed by atoms with Crippen molar-refractivity contribution < 1.29 is 13.9 Å². The molecule has 2 aliphatic rings. The van der Waals surface area contributed by atoms with Gasteiger partial charge in [0.05, 0.1) is 18.4 Å². The smallest absolute Gasteiger partial charge is 0.243 e. The molecule has 0 aliphatic carbocycles. The highest BCUT2D eigenvalue weighted by Gasteiger charge is 2.25. The van der Waals surface area contributed by atoms with Crippen LogP contribution in [0.4, 0.5) is 0 Å². The van der Waals surface area contributed by atoms with Gasteiger partial charge in [-0.05, 0) is 50.9 Å². The zero-order valence-corrected chi connectivity index (χ0v) is 20.5. The SMILES string of the molecule is CN(C)C(=O)CN=C(NCC1CCCO1)NCC(c1ccco1)N1CCCCC1.I. The van der Waals surface area contributed by atoms with Gasteiger partial charge in [0.1, 0.15) is 12.3 Å². The monoisotopic (exact) mass is 533 g/mol. The Kier molecular flexibility index (Phi) is 10.9. The molecule has 0 saturated carbocycles. The molecule has 9 heteroatoms. The summed E-state index contributed by atoms with van der Waals surface area (Å²) in [5.74, 6) is 1.58. The number of amides is 1. The van der Waals surface area contributed by atoms with Gasteiger partial charge >= 0.3 is 0 Å². The van der Waals surface area contributed by atoms with Gasteiger partial charge < -0.3 is 24.7 Å². The van der Waals surface area contributed by atoms with Crippen LogP contribution in [0.15, 0.2) is 27.8 Å². The molecule has 170 valence electrons. The van der Waals surface area contributed by atoms with Gasteiger partial charge in [-0.1, -0.05) is 6.42 Å². The number of aliphatic imine (C=N–C) groups is 1. The predicted molar refractivity (Wildman–Crippen MR) is 128 cm³/mol. The van der Waals surface area contributed by atoms with E-state index in [1.54, 1.807) is 25.3 Å². The van der Waals surface area contributed by atoms with Crippen molar-refractivity contribution in [3.63, 3.8) is 0 Å². The highest BCUT2D eigenvalue weighted by molar-refractivity contribution is 14.0.